The molecule has 0 aromatic heterocycles. The van der Waals surface area contributed by atoms with E-state index in [0.29, 0.717) is 6.54 Å². The summed E-state index contributed by atoms with van der Waals surface area (Å²) < 4.78 is 0. The van der Waals surface area contributed by atoms with Crippen LogP contribution in [0.5, 0.6) is 0 Å². The van der Waals surface area contributed by atoms with Crippen LogP contribution in [0.1, 0.15) is 33.6 Å². The van der Waals surface area contributed by atoms with E-state index in [0.717, 1.165) is 12.8 Å². The second-order valence-corrected chi connectivity index (χ2v) is 3.78. The molecule has 0 rings (SSSR count). The minimum absolute atomic E-state index is 0.0712. The van der Waals surface area contributed by atoms with Crippen molar-refractivity contribution in [3.63, 3.8) is 0 Å². The molecule has 1 unspecified atom stereocenters. The highest BCUT2D eigenvalue weighted by Gasteiger charge is 2.02. The maximum absolute atomic E-state index is 11.2. The van der Waals surface area contributed by atoms with Gasteiger partial charge in [0, 0.05) is 12.6 Å². The number of allylic oxidation sites excluding steroid dienone is 2. The largest absolute Gasteiger partial charge is 0.353 e. The Morgan fingerprint density at radius 3 is 2.53 bits per heavy atom. The van der Waals surface area contributed by atoms with Crippen molar-refractivity contribution in [3.05, 3.63) is 24.3 Å². The summed E-state index contributed by atoms with van der Waals surface area (Å²) in [6, 6.07) is 0.109. The van der Waals surface area contributed by atoms with Crippen LogP contribution in [0.25, 0.3) is 0 Å². The molecule has 0 aromatic rings. The average molecular weight is 238 g/mol. The molecule has 0 radical (unpaired) electrons. The highest BCUT2D eigenvalue weighted by molar-refractivity contribution is 5.87. The zero-order valence-electron chi connectivity index (χ0n) is 10.8. The van der Waals surface area contributed by atoms with Crippen molar-refractivity contribution in [1.82, 2.24) is 10.6 Å². The van der Waals surface area contributed by atoms with Crippen molar-refractivity contribution in [2.75, 3.05) is 6.54 Å². The first kappa shape index (κ1) is 15.4. The molecular formula is C13H22N2O2. The third-order valence-corrected chi connectivity index (χ3v) is 2.09. The Bertz CT molecular complexity index is 296. The van der Waals surface area contributed by atoms with Gasteiger partial charge in [0.1, 0.15) is 0 Å². The summed E-state index contributed by atoms with van der Waals surface area (Å²) in [5, 5.41) is 5.51. The lowest BCUT2D eigenvalue weighted by Gasteiger charge is -2.10. The summed E-state index contributed by atoms with van der Waals surface area (Å²) in [7, 11) is 0. The molecule has 0 aromatic carbocycles. The second-order valence-electron chi connectivity index (χ2n) is 3.78. The summed E-state index contributed by atoms with van der Waals surface area (Å²) in [4.78, 5) is 22.3. The minimum atomic E-state index is -0.0762. The SMILES string of the molecule is C/C=C/C(=O)NC(C)CC/C=C/C(=O)NCC. The fourth-order valence-corrected chi connectivity index (χ4v) is 1.28. The van der Waals surface area contributed by atoms with E-state index in [1.165, 1.54) is 12.2 Å². The minimum Gasteiger partial charge on any atom is -0.353 e. The fourth-order valence-electron chi connectivity index (χ4n) is 1.28. The van der Waals surface area contributed by atoms with Gasteiger partial charge in [0.2, 0.25) is 11.8 Å². The maximum atomic E-state index is 11.2. The van der Waals surface area contributed by atoms with E-state index in [2.05, 4.69) is 10.6 Å². The van der Waals surface area contributed by atoms with E-state index in [4.69, 9.17) is 0 Å². The van der Waals surface area contributed by atoms with Crippen LogP contribution in [0.2, 0.25) is 0 Å². The van der Waals surface area contributed by atoms with Crippen molar-refractivity contribution in [1.29, 1.82) is 0 Å². The molecule has 0 heterocycles. The normalized spacial score (nSPS) is 12.9. The molecule has 0 aliphatic heterocycles. The molecule has 2 amide bonds. The van der Waals surface area contributed by atoms with E-state index < -0.39 is 0 Å². The summed E-state index contributed by atoms with van der Waals surface area (Å²) in [5.41, 5.74) is 0. The van der Waals surface area contributed by atoms with Crippen LogP contribution in [0.15, 0.2) is 24.3 Å². The smallest absolute Gasteiger partial charge is 0.243 e. The first-order valence-electron chi connectivity index (χ1n) is 5.97. The van der Waals surface area contributed by atoms with Gasteiger partial charge in [0.25, 0.3) is 0 Å². The lowest BCUT2D eigenvalue weighted by molar-refractivity contribution is -0.117. The van der Waals surface area contributed by atoms with E-state index in [9.17, 15) is 9.59 Å². The van der Waals surface area contributed by atoms with Gasteiger partial charge in [0.05, 0.1) is 0 Å². The molecule has 4 nitrogen and oxygen atoms in total. The zero-order chi connectivity index (χ0) is 13.1. The van der Waals surface area contributed by atoms with Gasteiger partial charge in [0.15, 0.2) is 0 Å². The maximum Gasteiger partial charge on any atom is 0.243 e. The van der Waals surface area contributed by atoms with Crippen molar-refractivity contribution in [2.45, 2.75) is 39.7 Å². The first-order chi connectivity index (χ1) is 8.10. The first-order valence-corrected chi connectivity index (χ1v) is 5.97. The van der Waals surface area contributed by atoms with Crippen LogP contribution >= 0.6 is 0 Å². The summed E-state index contributed by atoms with van der Waals surface area (Å²) in [6.07, 6.45) is 8.15. The second kappa shape index (κ2) is 9.63. The van der Waals surface area contributed by atoms with Crippen LogP contribution in [-0.2, 0) is 9.59 Å². The average Bonchev–Trinajstić information content (AvgIpc) is 2.25. The Balaban J connectivity index is 3.74. The van der Waals surface area contributed by atoms with Crippen LogP contribution in [0.4, 0.5) is 0 Å². The number of hydrogen-bond donors (Lipinski definition) is 2. The van der Waals surface area contributed by atoms with E-state index in [1.54, 1.807) is 13.0 Å². The van der Waals surface area contributed by atoms with Gasteiger partial charge < -0.3 is 10.6 Å². The fraction of sp³-hybridized carbons (Fsp3) is 0.538. The van der Waals surface area contributed by atoms with Gasteiger partial charge >= 0.3 is 0 Å². The third kappa shape index (κ3) is 9.35. The Morgan fingerprint density at radius 1 is 1.24 bits per heavy atom. The molecule has 0 saturated carbocycles. The summed E-state index contributed by atoms with van der Waals surface area (Å²) >= 11 is 0. The molecule has 17 heavy (non-hydrogen) atoms. The third-order valence-electron chi connectivity index (χ3n) is 2.09. The molecule has 2 N–H and O–H groups in total. The van der Waals surface area contributed by atoms with Crippen LogP contribution in [0.3, 0.4) is 0 Å². The molecular weight excluding hydrogens is 216 g/mol. The number of hydrogen-bond acceptors (Lipinski definition) is 2. The molecule has 0 bridgehead atoms. The Morgan fingerprint density at radius 2 is 1.94 bits per heavy atom. The lowest BCUT2D eigenvalue weighted by Crippen LogP contribution is -2.30. The van der Waals surface area contributed by atoms with Crippen molar-refractivity contribution < 1.29 is 9.59 Å². The molecule has 0 aliphatic carbocycles. The number of likely N-dealkylation sites (N-methyl/N-ethyl adjacent to an activating group) is 1. The van der Waals surface area contributed by atoms with Crippen molar-refractivity contribution >= 4 is 11.8 Å². The van der Waals surface area contributed by atoms with Crippen molar-refractivity contribution in [2.24, 2.45) is 0 Å². The van der Waals surface area contributed by atoms with Crippen molar-refractivity contribution in [3.8, 4) is 0 Å². The molecule has 4 heteroatoms. The van der Waals surface area contributed by atoms with E-state index in [1.807, 2.05) is 19.9 Å². The van der Waals surface area contributed by atoms with Crippen LogP contribution in [-0.4, -0.2) is 24.4 Å². The predicted octanol–water partition coefficient (Wildman–Crippen LogP) is 1.54. The number of rotatable bonds is 7. The van der Waals surface area contributed by atoms with Gasteiger partial charge in [-0.3, -0.25) is 9.59 Å². The Hall–Kier alpha value is -1.58. The molecule has 0 spiro atoms. The quantitative estimate of drug-likeness (QED) is 0.661. The Kier molecular flexibility index (Phi) is 8.74. The van der Waals surface area contributed by atoms with Gasteiger partial charge in [-0.1, -0.05) is 12.2 Å². The predicted molar refractivity (Wildman–Crippen MR) is 69.5 cm³/mol. The van der Waals surface area contributed by atoms with Crippen LogP contribution < -0.4 is 10.6 Å². The molecule has 0 aliphatic rings. The highest BCUT2D eigenvalue weighted by Crippen LogP contribution is 1.97. The van der Waals surface area contributed by atoms with Crippen LogP contribution in [0, 0.1) is 0 Å². The van der Waals surface area contributed by atoms with Gasteiger partial charge in [-0.25, -0.2) is 0 Å². The summed E-state index contributed by atoms with van der Waals surface area (Å²) in [5.74, 6) is -0.147. The molecule has 96 valence electrons. The highest BCUT2D eigenvalue weighted by atomic mass is 16.2. The standard InChI is InChI=1S/C13H22N2O2/c1-4-8-13(17)15-11(3)9-6-7-10-12(16)14-5-2/h4,7-8,10-11H,5-6,9H2,1-3H3,(H,14,16)(H,15,17)/b8-4+,10-7+. The zero-order valence-corrected chi connectivity index (χ0v) is 10.8. The molecule has 0 saturated heterocycles. The van der Waals surface area contributed by atoms with Gasteiger partial charge in [-0.2, -0.15) is 0 Å². The van der Waals surface area contributed by atoms with Gasteiger partial charge in [-0.15, -0.1) is 0 Å². The number of nitrogens with one attached hydrogen (secondary N) is 2. The lowest BCUT2D eigenvalue weighted by atomic mass is 10.1. The molecule has 0 fully saturated rings. The topological polar surface area (TPSA) is 58.2 Å². The number of amides is 2. The Labute approximate surface area is 103 Å². The van der Waals surface area contributed by atoms with E-state index in [-0.39, 0.29) is 17.9 Å². The number of carbonyl (C=O) groups excluding carboxylic acids is 2. The molecule has 1 atom stereocenters. The monoisotopic (exact) mass is 238 g/mol. The number of carbonyl (C=O) groups is 2. The summed E-state index contributed by atoms with van der Waals surface area (Å²) in [6.45, 7) is 6.27. The van der Waals surface area contributed by atoms with Gasteiger partial charge in [-0.05, 0) is 45.8 Å². The van der Waals surface area contributed by atoms with E-state index >= 15 is 0 Å².